The summed E-state index contributed by atoms with van der Waals surface area (Å²) >= 11 is 6.43. The number of ether oxygens (including phenoxy) is 8. The average Bonchev–Trinajstić information content (AvgIpc) is 1.59. The van der Waals surface area contributed by atoms with E-state index in [0.717, 1.165) is 11.3 Å². The van der Waals surface area contributed by atoms with Crippen molar-refractivity contribution in [2.24, 2.45) is 0 Å². The van der Waals surface area contributed by atoms with Crippen LogP contribution in [0.5, 0.6) is 34.5 Å². The van der Waals surface area contributed by atoms with E-state index in [0.29, 0.717) is 67.6 Å². The fourth-order valence-electron chi connectivity index (χ4n) is 15.0. The summed E-state index contributed by atoms with van der Waals surface area (Å²) in [7, 11) is 0.0835. The molecule has 30 heteroatoms. The first-order valence-electron chi connectivity index (χ1n) is 45.7. The quantitative estimate of drug-likeness (QED) is 0.0135. The van der Waals surface area contributed by atoms with E-state index in [1.165, 1.54) is 75.0 Å². The van der Waals surface area contributed by atoms with Gasteiger partial charge in [-0.3, -0.25) is 13.9 Å². The van der Waals surface area contributed by atoms with Gasteiger partial charge in [0.05, 0.1) is 62.4 Å². The fraction of sp³-hybridized carbons (Fsp3) is 0.122. The Balaban J connectivity index is 0.000000191. The molecule has 14 aromatic carbocycles. The molecule has 4 aromatic heterocycles. The van der Waals surface area contributed by atoms with Gasteiger partial charge in [0, 0.05) is 55.6 Å². The number of imidazole rings is 2. The van der Waals surface area contributed by atoms with Crippen molar-refractivity contribution in [2.45, 2.75) is 67.0 Å². The van der Waals surface area contributed by atoms with E-state index in [4.69, 9.17) is 58.0 Å². The molecule has 19 nitrogen and oxygen atoms in total. The predicted molar refractivity (Wildman–Crippen MR) is 586 cm³/mol. The Labute approximate surface area is 970 Å². The van der Waals surface area contributed by atoms with Crippen molar-refractivity contribution in [3.05, 3.63) is 449 Å². The van der Waals surface area contributed by atoms with Crippen LogP contribution in [0.1, 0.15) is 75.3 Å². The first-order valence-corrected chi connectivity index (χ1v) is 53.8. The molecule has 0 radical (unpaired) electrons. The van der Waals surface area contributed by atoms with Gasteiger partial charge in [0.15, 0.2) is 39.1 Å². The Bertz CT molecular complexity index is 6010. The smallest absolute Gasteiger partial charge is 1.00 e. The minimum atomic E-state index is -1.30. The van der Waals surface area contributed by atoms with Crippen LogP contribution in [0.3, 0.4) is 0 Å². The first kappa shape index (κ1) is 117. The molecule has 0 unspecified atom stereocenters. The molecule has 6 heterocycles. The molecule has 732 valence electrons. The number of benzene rings is 14. The van der Waals surface area contributed by atoms with Gasteiger partial charge >= 0.3 is 122 Å². The molecule has 0 aliphatic carbocycles. The van der Waals surface area contributed by atoms with Crippen LogP contribution in [-0.2, 0) is 52.8 Å². The Morgan fingerprint density at radius 1 is 0.414 bits per heavy atom. The summed E-state index contributed by atoms with van der Waals surface area (Å²) in [6, 6.07) is 140. The van der Waals surface area contributed by atoms with Crippen LogP contribution in [0.25, 0.3) is 22.8 Å². The Morgan fingerprint density at radius 3 is 0.890 bits per heavy atom. The molecule has 0 atom stereocenters. The van der Waals surface area contributed by atoms with E-state index in [-0.39, 0.29) is 181 Å². The number of fused-ring (bicyclic) bond motifs is 6. The number of hydrogen-bond donors (Lipinski definition) is 2. The van der Waals surface area contributed by atoms with Gasteiger partial charge < -0.3 is 59.5 Å². The maximum absolute atomic E-state index is 12.5. The number of aromatic nitrogens is 4. The van der Waals surface area contributed by atoms with Gasteiger partial charge in [-0.1, -0.05) is 370 Å². The van der Waals surface area contributed by atoms with Crippen molar-refractivity contribution in [1.29, 1.82) is 0 Å². The summed E-state index contributed by atoms with van der Waals surface area (Å²) in [5, 5.41) is 49.6. The van der Waals surface area contributed by atoms with Crippen LogP contribution >= 0.6 is 70.3 Å². The molecule has 0 bridgehead atoms. The van der Waals surface area contributed by atoms with Crippen molar-refractivity contribution in [1.82, 2.24) is 19.1 Å². The number of rotatable bonds is 25. The summed E-state index contributed by atoms with van der Waals surface area (Å²) < 4.78 is 48.9. The van der Waals surface area contributed by atoms with Gasteiger partial charge in [-0.15, -0.1) is 0 Å². The van der Waals surface area contributed by atoms with Gasteiger partial charge in [-0.25, -0.2) is 19.6 Å². The molecule has 2 aliphatic rings. The SMILES string of the molecule is CCOC(=O)c1nc(-c2ccsc2)n2c1COc1cc(OC)c(OC(C)C)cc1-2.CCOC(=O)c1nc(Br)n2c1COc1cc(OC)c(OC(C)C)cc1-2.O=CO[O-].OB(O)c1ccsc1.[H-].[K+].[K+].[Pd].c1ccc(P(c2ccccc2)c2ccccc2)cc1.c1ccc(P(c2ccccc2)c2ccccc2)cc1.c1ccc(P(c2ccccc2)c2ccccc2)cc1.c1ccc(P(c2ccccc2)c2ccccc2)cc1. The normalized spacial score (nSPS) is 10.7. The molecule has 20 rings (SSSR count). The van der Waals surface area contributed by atoms with Gasteiger partial charge in [0.1, 0.15) is 30.5 Å². The number of thiophene rings is 2. The maximum atomic E-state index is 12.5. The van der Waals surface area contributed by atoms with Gasteiger partial charge in [0.25, 0.3) is 6.47 Å². The number of esters is 2. The van der Waals surface area contributed by atoms with Crippen molar-refractivity contribution >= 4 is 165 Å². The van der Waals surface area contributed by atoms with Crippen molar-refractivity contribution in [3.8, 4) is 57.3 Å². The molecule has 2 N–H and O–H groups in total. The van der Waals surface area contributed by atoms with Gasteiger partial charge in [-0.2, -0.15) is 22.7 Å². The summed E-state index contributed by atoms with van der Waals surface area (Å²) in [5.41, 5.74) is 4.72. The summed E-state index contributed by atoms with van der Waals surface area (Å²) in [6.07, 6.45) is -0.0441. The minimum Gasteiger partial charge on any atom is -1.00 e. The van der Waals surface area contributed by atoms with E-state index in [1.54, 1.807) is 68.4 Å². The third-order valence-electron chi connectivity index (χ3n) is 21.1. The standard InChI is InChI=1S/C21H22N2O5S.4C18H15P.C17H19BrN2O5.C4H5BO2S.CH2O3.2K.Pd.H/c1-5-26-21(24)19-15-10-27-16-9-17(25-4)18(28-12(2)3)8-14(16)23(15)20(22-19)13-6-7-29-11-13;4*1-4-10-16(11-5-1)19(17-12-6-2-7-13-17)18-14-8-3-9-15-18;1-5-23-16(21)15-11-8-24-12-7-13(22-4)14(25-9(2)3)6-10(12)20(11)17(18)19-15;6-5(7)4-1-2-8-3-4;2-1-4-3;;;;/h6-9,11-12H,5,10H2,1-4H3;4*1-15H;6-7,9H,5,8H2,1-4H3;1-3,6-7H;1,3H;;;;/q;;;;;;;;2*+1;;-1/p-1. The maximum Gasteiger partial charge on any atom is 1.00 e. The van der Waals surface area contributed by atoms with E-state index < -0.39 is 50.7 Å². The van der Waals surface area contributed by atoms with Crippen molar-refractivity contribution in [3.63, 3.8) is 0 Å². The third kappa shape index (κ3) is 33.3. The fourth-order valence-corrected chi connectivity index (χ4v) is 26.1. The van der Waals surface area contributed by atoms with Gasteiger partial charge in [0.2, 0.25) is 0 Å². The molecule has 0 saturated heterocycles. The number of carbonyl (C=O) groups excluding carboxylic acids is 3. The molecular formula is C115H108BBrK2N4O15P4PdS2. The zero-order chi connectivity index (χ0) is 99.7. The monoisotopic (exact) mass is 2250 g/mol. The van der Waals surface area contributed by atoms with Crippen LogP contribution in [0.15, 0.2) is 427 Å². The average molecular weight is 2250 g/mol. The van der Waals surface area contributed by atoms with E-state index >= 15 is 0 Å². The zero-order valence-electron chi connectivity index (χ0n) is 82.8. The first-order chi connectivity index (χ1) is 69.5. The number of halogens is 1. The molecule has 0 spiro atoms. The topological polar surface area (TPSA) is 233 Å². The largest absolute Gasteiger partial charge is 1.00 e. The molecule has 18 aromatic rings. The van der Waals surface area contributed by atoms with E-state index in [9.17, 15) is 9.59 Å². The molecule has 145 heavy (non-hydrogen) atoms. The van der Waals surface area contributed by atoms with Crippen molar-refractivity contribution in [2.75, 3.05) is 27.4 Å². The number of hydrogen-bond acceptors (Lipinski definition) is 19. The third-order valence-corrected chi connectivity index (χ3v) is 32.8. The van der Waals surface area contributed by atoms with Crippen LogP contribution in [0.2, 0.25) is 0 Å². The summed E-state index contributed by atoms with van der Waals surface area (Å²) in [6.45, 7) is 12.1. The molecule has 0 amide bonds. The van der Waals surface area contributed by atoms with Crippen LogP contribution in [0, 0.1) is 0 Å². The summed E-state index contributed by atoms with van der Waals surface area (Å²) in [4.78, 5) is 44.8. The second-order valence-electron chi connectivity index (χ2n) is 31.4. The zero-order valence-corrected chi connectivity index (χ0v) is 96.4. The molecule has 0 fully saturated rings. The number of methoxy groups -OCH3 is 2. The minimum absolute atomic E-state index is 0. The van der Waals surface area contributed by atoms with Crippen LogP contribution < -0.4 is 206 Å². The Hall–Kier alpha value is -9.81. The van der Waals surface area contributed by atoms with E-state index in [2.05, 4.69) is 395 Å². The molecule has 2 aliphatic heterocycles. The molecular weight excluding hydrogens is 2140 g/mol. The number of nitrogens with zero attached hydrogens (tertiary/aromatic N) is 4. The summed E-state index contributed by atoms with van der Waals surface area (Å²) in [5.74, 6) is 3.33. The van der Waals surface area contributed by atoms with Crippen molar-refractivity contribution < 1.29 is 197 Å². The Morgan fingerprint density at radius 2 is 0.669 bits per heavy atom. The Kier molecular flexibility index (Phi) is 50.5. The van der Waals surface area contributed by atoms with Gasteiger partial charge in [-0.05, 0) is 180 Å². The van der Waals surface area contributed by atoms with E-state index in [1.807, 2.05) is 65.8 Å². The second-order valence-corrected chi connectivity index (χ2v) is 42.5. The second kappa shape index (κ2) is 62.5. The van der Waals surface area contributed by atoms with Crippen LogP contribution in [0.4, 0.5) is 0 Å². The predicted octanol–water partition coefficient (Wildman–Crippen LogP) is 13.7. The number of carbonyl (C=O) groups is 3. The molecule has 0 saturated carbocycles. The van der Waals surface area contributed by atoms with Crippen LogP contribution in [-0.4, -0.2) is 94.3 Å².